The van der Waals surface area contributed by atoms with Crippen LogP contribution in [0, 0.1) is 5.82 Å². The average Bonchev–Trinajstić information content (AvgIpc) is 2.48. The van der Waals surface area contributed by atoms with Gasteiger partial charge in [-0.3, -0.25) is 0 Å². The highest BCUT2D eigenvalue weighted by atomic mass is 19.1. The van der Waals surface area contributed by atoms with Crippen LogP contribution in [-0.2, 0) is 0 Å². The Morgan fingerprint density at radius 2 is 2.00 bits per heavy atom. The van der Waals surface area contributed by atoms with Crippen molar-refractivity contribution in [3.8, 4) is 11.5 Å². The van der Waals surface area contributed by atoms with E-state index in [4.69, 9.17) is 4.74 Å². The molecular formula is C17H20FNO2. The van der Waals surface area contributed by atoms with Crippen LogP contribution in [-0.4, -0.2) is 18.8 Å². The van der Waals surface area contributed by atoms with Gasteiger partial charge < -0.3 is 14.7 Å². The molecule has 0 saturated heterocycles. The third-order valence-corrected chi connectivity index (χ3v) is 3.63. The minimum absolute atomic E-state index is 0.0336. The Kier molecular flexibility index (Phi) is 4.68. The Balaban J connectivity index is 2.34. The molecule has 0 aliphatic heterocycles. The van der Waals surface area contributed by atoms with Crippen LogP contribution in [0.4, 0.5) is 10.1 Å². The van der Waals surface area contributed by atoms with Crippen molar-refractivity contribution in [2.24, 2.45) is 0 Å². The number of ether oxygens (including phenoxy) is 1. The van der Waals surface area contributed by atoms with Gasteiger partial charge in [0.15, 0.2) is 11.5 Å². The number of benzene rings is 2. The van der Waals surface area contributed by atoms with Crippen LogP contribution in [0.1, 0.15) is 25.5 Å². The van der Waals surface area contributed by atoms with Crippen molar-refractivity contribution in [1.82, 2.24) is 0 Å². The summed E-state index contributed by atoms with van der Waals surface area (Å²) in [5.74, 6) is 0.304. The molecule has 2 rings (SSSR count). The summed E-state index contributed by atoms with van der Waals surface area (Å²) in [7, 11) is 1.52. The topological polar surface area (TPSA) is 32.7 Å². The number of methoxy groups -OCH3 is 1. The number of phenols is 1. The average molecular weight is 289 g/mol. The second kappa shape index (κ2) is 6.48. The summed E-state index contributed by atoms with van der Waals surface area (Å²) in [5.41, 5.74) is 1.83. The molecule has 0 bridgehead atoms. The van der Waals surface area contributed by atoms with Gasteiger partial charge in [-0.05, 0) is 49.7 Å². The van der Waals surface area contributed by atoms with Gasteiger partial charge in [-0.2, -0.15) is 0 Å². The zero-order chi connectivity index (χ0) is 15.4. The highest BCUT2D eigenvalue weighted by molar-refractivity contribution is 5.50. The normalized spacial score (nSPS) is 12.0. The number of rotatable bonds is 5. The van der Waals surface area contributed by atoms with Crippen LogP contribution in [0.15, 0.2) is 42.5 Å². The molecule has 1 unspecified atom stereocenters. The lowest BCUT2D eigenvalue weighted by atomic mass is 10.1. The fourth-order valence-corrected chi connectivity index (χ4v) is 2.47. The molecule has 0 saturated carbocycles. The zero-order valence-electron chi connectivity index (χ0n) is 12.5. The Morgan fingerprint density at radius 3 is 2.62 bits per heavy atom. The molecule has 2 aromatic rings. The fourth-order valence-electron chi connectivity index (χ4n) is 2.47. The maximum atomic E-state index is 13.4. The summed E-state index contributed by atoms with van der Waals surface area (Å²) in [5, 5.41) is 9.68. The van der Waals surface area contributed by atoms with E-state index in [1.807, 2.05) is 32.0 Å². The molecule has 0 aliphatic rings. The number of halogens is 1. The summed E-state index contributed by atoms with van der Waals surface area (Å²) < 4.78 is 18.6. The molecule has 112 valence electrons. The number of hydrogen-bond acceptors (Lipinski definition) is 3. The number of phenolic OH excluding ortho intramolecular Hbond substituents is 1. The van der Waals surface area contributed by atoms with Crippen LogP contribution in [0.3, 0.4) is 0 Å². The molecule has 0 aliphatic carbocycles. The minimum atomic E-state index is -0.249. The second-order valence-corrected chi connectivity index (χ2v) is 4.87. The molecule has 0 heterocycles. The Hall–Kier alpha value is -2.23. The van der Waals surface area contributed by atoms with E-state index < -0.39 is 0 Å². The SMILES string of the molecule is CCN(c1cccc(F)c1)C(C)c1ccc(O)c(OC)c1. The largest absolute Gasteiger partial charge is 0.504 e. The van der Waals surface area contributed by atoms with E-state index in [1.165, 1.54) is 19.2 Å². The summed E-state index contributed by atoms with van der Waals surface area (Å²) in [6.07, 6.45) is 0. The lowest BCUT2D eigenvalue weighted by molar-refractivity contribution is 0.372. The van der Waals surface area contributed by atoms with Gasteiger partial charge >= 0.3 is 0 Å². The summed E-state index contributed by atoms with van der Waals surface area (Å²) in [4.78, 5) is 2.09. The van der Waals surface area contributed by atoms with Gasteiger partial charge in [0.05, 0.1) is 13.2 Å². The van der Waals surface area contributed by atoms with Gasteiger partial charge in [-0.15, -0.1) is 0 Å². The van der Waals surface area contributed by atoms with E-state index in [2.05, 4.69) is 4.90 Å². The summed E-state index contributed by atoms with van der Waals surface area (Å²) in [6, 6.07) is 11.9. The predicted molar refractivity (Wildman–Crippen MR) is 82.5 cm³/mol. The van der Waals surface area contributed by atoms with Gasteiger partial charge in [-0.25, -0.2) is 4.39 Å². The van der Waals surface area contributed by atoms with Crippen LogP contribution in [0.2, 0.25) is 0 Å². The fraction of sp³-hybridized carbons (Fsp3) is 0.294. The van der Waals surface area contributed by atoms with Crippen LogP contribution in [0.25, 0.3) is 0 Å². The van der Waals surface area contributed by atoms with E-state index in [-0.39, 0.29) is 17.6 Å². The summed E-state index contributed by atoms with van der Waals surface area (Å²) in [6.45, 7) is 4.81. The van der Waals surface area contributed by atoms with Crippen molar-refractivity contribution < 1.29 is 14.2 Å². The molecule has 21 heavy (non-hydrogen) atoms. The number of aromatic hydroxyl groups is 1. The van der Waals surface area contributed by atoms with Crippen LogP contribution < -0.4 is 9.64 Å². The minimum Gasteiger partial charge on any atom is -0.504 e. The lowest BCUT2D eigenvalue weighted by Crippen LogP contribution is -2.26. The van der Waals surface area contributed by atoms with Crippen molar-refractivity contribution in [2.45, 2.75) is 19.9 Å². The van der Waals surface area contributed by atoms with Gasteiger partial charge in [0.1, 0.15) is 5.82 Å². The monoisotopic (exact) mass is 289 g/mol. The first kappa shape index (κ1) is 15.2. The Labute approximate surface area is 124 Å². The van der Waals surface area contributed by atoms with Crippen LogP contribution in [0.5, 0.6) is 11.5 Å². The molecule has 0 aromatic heterocycles. The standard InChI is InChI=1S/C17H20FNO2/c1-4-19(15-7-5-6-14(18)11-15)12(2)13-8-9-16(20)17(10-13)21-3/h5-12,20H,4H2,1-3H3. The van der Waals surface area contributed by atoms with E-state index in [9.17, 15) is 9.50 Å². The lowest BCUT2D eigenvalue weighted by Gasteiger charge is -2.31. The van der Waals surface area contributed by atoms with Gasteiger partial charge in [0, 0.05) is 12.2 Å². The first-order chi connectivity index (χ1) is 10.1. The van der Waals surface area contributed by atoms with Crippen molar-refractivity contribution in [2.75, 3.05) is 18.6 Å². The number of nitrogens with zero attached hydrogens (tertiary/aromatic N) is 1. The predicted octanol–water partition coefficient (Wildman–Crippen LogP) is 4.13. The van der Waals surface area contributed by atoms with E-state index in [0.717, 1.165) is 17.8 Å². The maximum Gasteiger partial charge on any atom is 0.160 e. The Morgan fingerprint density at radius 1 is 1.24 bits per heavy atom. The van der Waals surface area contributed by atoms with Crippen molar-refractivity contribution in [3.63, 3.8) is 0 Å². The zero-order valence-corrected chi connectivity index (χ0v) is 12.5. The van der Waals surface area contributed by atoms with Crippen LogP contribution >= 0.6 is 0 Å². The molecule has 0 spiro atoms. The van der Waals surface area contributed by atoms with Crippen molar-refractivity contribution in [1.29, 1.82) is 0 Å². The van der Waals surface area contributed by atoms with E-state index in [0.29, 0.717) is 5.75 Å². The molecule has 4 heteroatoms. The highest BCUT2D eigenvalue weighted by Gasteiger charge is 2.17. The van der Waals surface area contributed by atoms with Crippen molar-refractivity contribution >= 4 is 5.69 Å². The molecular weight excluding hydrogens is 269 g/mol. The quantitative estimate of drug-likeness (QED) is 0.898. The maximum absolute atomic E-state index is 13.4. The molecule has 1 atom stereocenters. The second-order valence-electron chi connectivity index (χ2n) is 4.87. The summed E-state index contributed by atoms with van der Waals surface area (Å²) >= 11 is 0. The van der Waals surface area contributed by atoms with Gasteiger partial charge in [0.25, 0.3) is 0 Å². The highest BCUT2D eigenvalue weighted by Crippen LogP contribution is 2.33. The van der Waals surface area contributed by atoms with Gasteiger partial charge in [-0.1, -0.05) is 12.1 Å². The first-order valence-electron chi connectivity index (χ1n) is 6.96. The third-order valence-electron chi connectivity index (χ3n) is 3.63. The first-order valence-corrected chi connectivity index (χ1v) is 6.96. The van der Waals surface area contributed by atoms with Gasteiger partial charge in [0.2, 0.25) is 0 Å². The van der Waals surface area contributed by atoms with Crippen molar-refractivity contribution in [3.05, 3.63) is 53.8 Å². The molecule has 1 N–H and O–H groups in total. The molecule has 0 radical (unpaired) electrons. The van der Waals surface area contributed by atoms with E-state index in [1.54, 1.807) is 12.1 Å². The third kappa shape index (κ3) is 3.27. The molecule has 0 fully saturated rings. The van der Waals surface area contributed by atoms with E-state index >= 15 is 0 Å². The number of hydrogen-bond donors (Lipinski definition) is 1. The Bertz CT molecular complexity index is 615. The molecule has 3 nitrogen and oxygen atoms in total. The smallest absolute Gasteiger partial charge is 0.160 e. The number of anilines is 1. The molecule has 2 aromatic carbocycles. The molecule has 0 amide bonds.